The minimum atomic E-state index is 0.0630. The largest absolute Gasteiger partial charge is 0.339 e. The van der Waals surface area contributed by atoms with E-state index in [1.54, 1.807) is 12.3 Å². The molecule has 78 valence electrons. The van der Waals surface area contributed by atoms with Crippen LogP contribution in [-0.4, -0.2) is 26.7 Å². The highest BCUT2D eigenvalue weighted by Gasteiger charge is 2.14. The van der Waals surface area contributed by atoms with Crippen LogP contribution in [0.4, 0.5) is 0 Å². The second-order valence-electron chi connectivity index (χ2n) is 3.19. The molecule has 0 spiro atoms. The van der Waals surface area contributed by atoms with Gasteiger partial charge in [0.15, 0.2) is 0 Å². The van der Waals surface area contributed by atoms with Crippen LogP contribution in [0.25, 0.3) is 11.5 Å². The maximum absolute atomic E-state index is 5.50. The average Bonchev–Trinajstić information content (AvgIpc) is 2.78. The van der Waals surface area contributed by atoms with E-state index in [-0.39, 0.29) is 5.92 Å². The highest BCUT2D eigenvalue weighted by molar-refractivity contribution is 5.46. The Balaban J connectivity index is 2.28. The normalized spacial score (nSPS) is 12.7. The van der Waals surface area contributed by atoms with Gasteiger partial charge >= 0.3 is 0 Å². The van der Waals surface area contributed by atoms with Crippen molar-refractivity contribution in [2.45, 2.75) is 12.8 Å². The van der Waals surface area contributed by atoms with Crippen molar-refractivity contribution in [2.24, 2.45) is 5.73 Å². The van der Waals surface area contributed by atoms with Gasteiger partial charge in [-0.05, 0) is 6.07 Å². The molecule has 0 aliphatic heterocycles. The molecule has 15 heavy (non-hydrogen) atoms. The molecule has 1 unspecified atom stereocenters. The first-order chi connectivity index (χ1) is 7.31. The monoisotopic (exact) mass is 205 g/mol. The van der Waals surface area contributed by atoms with E-state index in [1.165, 1.54) is 6.33 Å². The number of hydrogen-bond acceptors (Lipinski definition) is 6. The summed E-state index contributed by atoms with van der Waals surface area (Å²) in [4.78, 5) is 12.0. The summed E-state index contributed by atoms with van der Waals surface area (Å²) in [6, 6.07) is 1.72. The Hall–Kier alpha value is -1.82. The summed E-state index contributed by atoms with van der Waals surface area (Å²) < 4.78 is 5.07. The van der Waals surface area contributed by atoms with Gasteiger partial charge < -0.3 is 10.3 Å². The van der Waals surface area contributed by atoms with Crippen LogP contribution in [0.5, 0.6) is 0 Å². The van der Waals surface area contributed by atoms with E-state index in [2.05, 4.69) is 20.1 Å². The van der Waals surface area contributed by atoms with Crippen molar-refractivity contribution < 1.29 is 4.52 Å². The molecule has 0 radical (unpaired) electrons. The van der Waals surface area contributed by atoms with Gasteiger partial charge in [0.2, 0.25) is 11.7 Å². The van der Waals surface area contributed by atoms with E-state index in [4.69, 9.17) is 10.3 Å². The van der Waals surface area contributed by atoms with E-state index in [0.29, 0.717) is 24.0 Å². The van der Waals surface area contributed by atoms with Gasteiger partial charge in [-0.25, -0.2) is 9.97 Å². The van der Waals surface area contributed by atoms with Gasteiger partial charge in [-0.2, -0.15) is 4.98 Å². The quantitative estimate of drug-likeness (QED) is 0.788. The van der Waals surface area contributed by atoms with Crippen molar-refractivity contribution in [1.29, 1.82) is 0 Å². The smallest absolute Gasteiger partial charge is 0.231 e. The molecule has 6 nitrogen and oxygen atoms in total. The Morgan fingerprint density at radius 3 is 3.07 bits per heavy atom. The number of nitrogens with two attached hydrogens (primary N) is 1. The predicted molar refractivity (Wildman–Crippen MR) is 52.8 cm³/mol. The molecule has 0 aromatic carbocycles. The molecule has 2 heterocycles. The van der Waals surface area contributed by atoms with E-state index in [9.17, 15) is 0 Å². The summed E-state index contributed by atoms with van der Waals surface area (Å²) in [5.41, 5.74) is 6.14. The lowest BCUT2D eigenvalue weighted by Crippen LogP contribution is -2.08. The van der Waals surface area contributed by atoms with Gasteiger partial charge in [0.25, 0.3) is 0 Å². The molecule has 0 aliphatic rings. The second-order valence-corrected chi connectivity index (χ2v) is 3.19. The van der Waals surface area contributed by atoms with Crippen LogP contribution < -0.4 is 5.73 Å². The SMILES string of the molecule is CC(CN)c1nc(-c2ccncn2)no1. The maximum Gasteiger partial charge on any atom is 0.231 e. The topological polar surface area (TPSA) is 90.7 Å². The third kappa shape index (κ3) is 1.99. The standard InChI is InChI=1S/C9H11N5O/c1-6(4-10)9-13-8(14-15-9)7-2-3-11-5-12-7/h2-3,5-6H,4,10H2,1H3. The zero-order chi connectivity index (χ0) is 10.7. The van der Waals surface area contributed by atoms with Gasteiger partial charge in [0.1, 0.15) is 12.0 Å². The van der Waals surface area contributed by atoms with Gasteiger partial charge in [0, 0.05) is 18.7 Å². The van der Waals surface area contributed by atoms with Crippen LogP contribution in [0.3, 0.4) is 0 Å². The van der Waals surface area contributed by atoms with Gasteiger partial charge in [-0.3, -0.25) is 0 Å². The molecule has 0 aliphatic carbocycles. The fraction of sp³-hybridized carbons (Fsp3) is 0.333. The van der Waals surface area contributed by atoms with Crippen LogP contribution in [0.2, 0.25) is 0 Å². The lowest BCUT2D eigenvalue weighted by molar-refractivity contribution is 0.361. The van der Waals surface area contributed by atoms with Crippen molar-refractivity contribution >= 4 is 0 Å². The summed E-state index contributed by atoms with van der Waals surface area (Å²) in [6.07, 6.45) is 3.07. The number of nitrogens with zero attached hydrogens (tertiary/aromatic N) is 4. The molecular weight excluding hydrogens is 194 g/mol. The van der Waals surface area contributed by atoms with E-state index < -0.39 is 0 Å². The molecule has 2 aromatic rings. The lowest BCUT2D eigenvalue weighted by atomic mass is 10.2. The molecule has 2 rings (SSSR count). The fourth-order valence-corrected chi connectivity index (χ4v) is 1.06. The minimum Gasteiger partial charge on any atom is -0.339 e. The zero-order valence-corrected chi connectivity index (χ0v) is 8.29. The van der Waals surface area contributed by atoms with E-state index >= 15 is 0 Å². The highest BCUT2D eigenvalue weighted by Crippen LogP contribution is 2.16. The van der Waals surface area contributed by atoms with E-state index in [1.807, 2.05) is 6.92 Å². The Labute approximate surface area is 86.5 Å². The van der Waals surface area contributed by atoms with Crippen LogP contribution >= 0.6 is 0 Å². The molecule has 2 aromatic heterocycles. The van der Waals surface area contributed by atoms with Gasteiger partial charge in [0.05, 0.1) is 0 Å². The first-order valence-electron chi connectivity index (χ1n) is 4.61. The Morgan fingerprint density at radius 1 is 1.53 bits per heavy atom. The summed E-state index contributed by atoms with van der Waals surface area (Å²) in [5, 5.41) is 3.82. The average molecular weight is 205 g/mol. The van der Waals surface area contributed by atoms with Gasteiger partial charge in [-0.1, -0.05) is 12.1 Å². The highest BCUT2D eigenvalue weighted by atomic mass is 16.5. The fourth-order valence-electron chi connectivity index (χ4n) is 1.06. The van der Waals surface area contributed by atoms with Crippen molar-refractivity contribution in [3.8, 4) is 11.5 Å². The molecule has 0 saturated heterocycles. The molecule has 0 amide bonds. The van der Waals surface area contributed by atoms with Crippen LogP contribution in [0, 0.1) is 0 Å². The van der Waals surface area contributed by atoms with Crippen molar-refractivity contribution in [3.63, 3.8) is 0 Å². The lowest BCUT2D eigenvalue weighted by Gasteiger charge is -1.98. The van der Waals surface area contributed by atoms with Crippen molar-refractivity contribution in [1.82, 2.24) is 20.1 Å². The molecule has 0 saturated carbocycles. The molecule has 2 N–H and O–H groups in total. The zero-order valence-electron chi connectivity index (χ0n) is 8.29. The first-order valence-corrected chi connectivity index (χ1v) is 4.61. The maximum atomic E-state index is 5.50. The Morgan fingerprint density at radius 2 is 2.40 bits per heavy atom. The summed E-state index contributed by atoms with van der Waals surface area (Å²) in [5.74, 6) is 1.06. The Bertz CT molecular complexity index is 427. The van der Waals surface area contributed by atoms with E-state index in [0.717, 1.165) is 0 Å². The third-order valence-corrected chi connectivity index (χ3v) is 2.03. The summed E-state index contributed by atoms with van der Waals surface area (Å²) in [6.45, 7) is 2.41. The van der Waals surface area contributed by atoms with Crippen LogP contribution in [0.1, 0.15) is 18.7 Å². The molecule has 0 fully saturated rings. The van der Waals surface area contributed by atoms with Crippen LogP contribution in [-0.2, 0) is 0 Å². The molecule has 1 atom stereocenters. The van der Waals surface area contributed by atoms with Crippen LogP contribution in [0.15, 0.2) is 23.1 Å². The summed E-state index contributed by atoms with van der Waals surface area (Å²) in [7, 11) is 0. The van der Waals surface area contributed by atoms with Gasteiger partial charge in [-0.15, -0.1) is 0 Å². The third-order valence-electron chi connectivity index (χ3n) is 2.03. The molecule has 6 heteroatoms. The molecular formula is C9H11N5O. The Kier molecular flexibility index (Phi) is 2.68. The summed E-state index contributed by atoms with van der Waals surface area (Å²) >= 11 is 0. The molecule has 0 bridgehead atoms. The number of aromatic nitrogens is 4. The van der Waals surface area contributed by atoms with Crippen molar-refractivity contribution in [2.75, 3.05) is 6.54 Å². The number of hydrogen-bond donors (Lipinski definition) is 1. The van der Waals surface area contributed by atoms with Crippen molar-refractivity contribution in [3.05, 3.63) is 24.5 Å². The first kappa shape index (κ1) is 9.72. The minimum absolute atomic E-state index is 0.0630. The predicted octanol–water partition coefficient (Wildman–Crippen LogP) is 0.589. The second kappa shape index (κ2) is 4.14. The number of rotatable bonds is 3.